The van der Waals surface area contributed by atoms with Crippen LogP contribution in [-0.2, 0) is 14.4 Å². The standard InChI is InChI=1S/C21H25N5O7/c1-4-9-31-19-22-20(32-10-5-2)24-21(23-19)33-14-15-13-26(8-12-29-15)18(27)17(25-28-3)16-7-6-11-30-16/h4-7,11,15H,1-2,8-10,12-14H2,3H3. The van der Waals surface area contributed by atoms with Crippen LogP contribution < -0.4 is 14.2 Å². The van der Waals surface area contributed by atoms with Gasteiger partial charge in [0.15, 0.2) is 5.76 Å². The molecule has 0 radical (unpaired) electrons. The van der Waals surface area contributed by atoms with Gasteiger partial charge >= 0.3 is 18.0 Å². The maximum Gasteiger partial charge on any atom is 0.326 e. The number of rotatable bonds is 12. The van der Waals surface area contributed by atoms with Gasteiger partial charge in [-0.25, -0.2) is 0 Å². The number of furan rings is 1. The summed E-state index contributed by atoms with van der Waals surface area (Å²) in [5.41, 5.74) is 0.0644. The van der Waals surface area contributed by atoms with Crippen molar-refractivity contribution < 1.29 is 33.0 Å². The number of oxime groups is 1. The summed E-state index contributed by atoms with van der Waals surface area (Å²) < 4.78 is 27.4. The number of hydrogen-bond acceptors (Lipinski definition) is 11. The number of amides is 1. The molecule has 1 atom stereocenters. The SMILES string of the molecule is C=CCOc1nc(OCC=C)nc(OCC2CN(C(=O)C(=NOC)c3ccco3)CCO2)n1. The molecule has 1 fully saturated rings. The van der Waals surface area contributed by atoms with Gasteiger partial charge in [0.2, 0.25) is 5.71 Å². The van der Waals surface area contributed by atoms with Crippen LogP contribution in [0.15, 0.2) is 53.3 Å². The van der Waals surface area contributed by atoms with E-state index in [1.807, 2.05) is 0 Å². The molecule has 0 saturated carbocycles. The molecule has 0 bridgehead atoms. The van der Waals surface area contributed by atoms with E-state index in [9.17, 15) is 4.79 Å². The smallest absolute Gasteiger partial charge is 0.326 e. The Morgan fingerprint density at radius 2 is 1.85 bits per heavy atom. The van der Waals surface area contributed by atoms with Gasteiger partial charge in [-0.15, -0.1) is 15.0 Å². The molecule has 0 spiro atoms. The Balaban J connectivity index is 1.64. The fraction of sp³-hybridized carbons (Fsp3) is 0.381. The molecular weight excluding hydrogens is 434 g/mol. The van der Waals surface area contributed by atoms with E-state index in [-0.39, 0.29) is 56.0 Å². The quantitative estimate of drug-likeness (QED) is 0.260. The molecule has 3 heterocycles. The highest BCUT2D eigenvalue weighted by molar-refractivity contribution is 6.44. The van der Waals surface area contributed by atoms with Gasteiger partial charge in [-0.05, 0) is 12.1 Å². The van der Waals surface area contributed by atoms with Crippen LogP contribution in [0.1, 0.15) is 5.76 Å². The van der Waals surface area contributed by atoms with Crippen molar-refractivity contribution in [3.8, 4) is 18.0 Å². The van der Waals surface area contributed by atoms with Crippen molar-refractivity contribution in [1.29, 1.82) is 0 Å². The highest BCUT2D eigenvalue weighted by Gasteiger charge is 2.30. The van der Waals surface area contributed by atoms with Gasteiger partial charge in [-0.2, -0.15) is 0 Å². The Bertz CT molecular complexity index is 934. The zero-order valence-corrected chi connectivity index (χ0v) is 18.2. The van der Waals surface area contributed by atoms with Crippen LogP contribution in [0.5, 0.6) is 18.0 Å². The minimum atomic E-state index is -0.435. The predicted octanol–water partition coefficient (Wildman–Crippen LogP) is 1.25. The second-order valence-corrected chi connectivity index (χ2v) is 6.54. The first-order valence-corrected chi connectivity index (χ1v) is 10.1. The Morgan fingerprint density at radius 1 is 1.18 bits per heavy atom. The maximum atomic E-state index is 13.0. The molecule has 1 aliphatic rings. The van der Waals surface area contributed by atoms with Crippen LogP contribution in [0, 0.1) is 0 Å². The zero-order chi connectivity index (χ0) is 23.5. The average molecular weight is 459 g/mol. The van der Waals surface area contributed by atoms with E-state index in [4.69, 9.17) is 28.2 Å². The maximum absolute atomic E-state index is 13.0. The highest BCUT2D eigenvalue weighted by Crippen LogP contribution is 2.16. The summed E-state index contributed by atoms with van der Waals surface area (Å²) in [6.45, 7) is 8.61. The average Bonchev–Trinajstić information content (AvgIpc) is 3.38. The van der Waals surface area contributed by atoms with E-state index < -0.39 is 6.10 Å². The van der Waals surface area contributed by atoms with Gasteiger partial charge in [0, 0.05) is 6.54 Å². The number of carbonyl (C=O) groups is 1. The third-order valence-electron chi connectivity index (χ3n) is 4.20. The molecule has 1 unspecified atom stereocenters. The van der Waals surface area contributed by atoms with Gasteiger partial charge in [0.1, 0.15) is 33.0 Å². The second-order valence-electron chi connectivity index (χ2n) is 6.54. The summed E-state index contributed by atoms with van der Waals surface area (Å²) in [4.78, 5) is 31.6. The lowest BCUT2D eigenvalue weighted by Gasteiger charge is -2.32. The van der Waals surface area contributed by atoms with Crippen LogP contribution in [0.25, 0.3) is 0 Å². The topological polar surface area (TPSA) is 131 Å². The fourth-order valence-electron chi connectivity index (χ4n) is 2.80. The first-order chi connectivity index (χ1) is 16.1. The Labute approximate surface area is 190 Å². The molecule has 12 nitrogen and oxygen atoms in total. The molecule has 33 heavy (non-hydrogen) atoms. The number of carbonyl (C=O) groups excluding carboxylic acids is 1. The first kappa shape index (κ1) is 23.7. The van der Waals surface area contributed by atoms with Crippen LogP contribution in [0.4, 0.5) is 0 Å². The molecule has 1 aliphatic heterocycles. The number of hydrogen-bond donors (Lipinski definition) is 0. The number of aromatic nitrogens is 3. The van der Waals surface area contributed by atoms with E-state index in [2.05, 4.69) is 33.3 Å². The summed E-state index contributed by atoms with van der Waals surface area (Å²) in [5, 5.41) is 3.82. The lowest BCUT2D eigenvalue weighted by Crippen LogP contribution is -2.50. The lowest BCUT2D eigenvalue weighted by molar-refractivity contribution is -0.132. The van der Waals surface area contributed by atoms with Crippen LogP contribution >= 0.6 is 0 Å². The van der Waals surface area contributed by atoms with Gasteiger partial charge in [-0.1, -0.05) is 30.5 Å². The van der Waals surface area contributed by atoms with Crippen molar-refractivity contribution in [2.75, 3.05) is 46.6 Å². The first-order valence-electron chi connectivity index (χ1n) is 10.1. The van der Waals surface area contributed by atoms with Crippen molar-refractivity contribution in [2.24, 2.45) is 5.16 Å². The summed E-state index contributed by atoms with van der Waals surface area (Å²) >= 11 is 0. The highest BCUT2D eigenvalue weighted by atomic mass is 16.6. The lowest BCUT2D eigenvalue weighted by atomic mass is 10.2. The molecular formula is C21H25N5O7. The molecule has 2 aromatic rings. The van der Waals surface area contributed by atoms with Crippen LogP contribution in [-0.4, -0.2) is 84.2 Å². The number of morpholine rings is 1. The fourth-order valence-corrected chi connectivity index (χ4v) is 2.80. The molecule has 176 valence electrons. The summed E-state index contributed by atoms with van der Waals surface area (Å²) in [5.74, 6) is -0.0362. The normalized spacial score (nSPS) is 16.1. The summed E-state index contributed by atoms with van der Waals surface area (Å²) in [7, 11) is 1.36. The monoisotopic (exact) mass is 459 g/mol. The minimum absolute atomic E-state index is 0.00704. The molecule has 0 N–H and O–H groups in total. The Kier molecular flexibility index (Phi) is 8.77. The number of nitrogens with zero attached hydrogens (tertiary/aromatic N) is 5. The van der Waals surface area contributed by atoms with E-state index in [0.29, 0.717) is 18.9 Å². The van der Waals surface area contributed by atoms with Gasteiger partial charge in [-0.3, -0.25) is 4.79 Å². The molecule has 1 saturated heterocycles. The van der Waals surface area contributed by atoms with Crippen molar-refractivity contribution in [2.45, 2.75) is 6.10 Å². The Hall–Kier alpha value is -3.93. The molecule has 1 amide bonds. The number of ether oxygens (including phenoxy) is 4. The van der Waals surface area contributed by atoms with Crippen molar-refractivity contribution >= 4 is 11.6 Å². The van der Waals surface area contributed by atoms with Gasteiger partial charge in [0.25, 0.3) is 5.91 Å². The molecule has 0 aromatic carbocycles. The summed E-state index contributed by atoms with van der Waals surface area (Å²) in [6.07, 6.45) is 4.13. The molecule has 3 rings (SSSR count). The van der Waals surface area contributed by atoms with E-state index in [1.165, 1.54) is 13.4 Å². The largest absolute Gasteiger partial charge is 0.462 e. The van der Waals surface area contributed by atoms with Crippen LogP contribution in [0.2, 0.25) is 0 Å². The molecule has 0 aliphatic carbocycles. The second kappa shape index (κ2) is 12.2. The Morgan fingerprint density at radius 3 is 2.42 bits per heavy atom. The van der Waals surface area contributed by atoms with E-state index >= 15 is 0 Å². The molecule has 2 aromatic heterocycles. The zero-order valence-electron chi connectivity index (χ0n) is 18.2. The third-order valence-corrected chi connectivity index (χ3v) is 4.20. The van der Waals surface area contributed by atoms with Gasteiger partial charge < -0.3 is 33.1 Å². The van der Waals surface area contributed by atoms with Crippen molar-refractivity contribution in [3.05, 3.63) is 49.5 Å². The van der Waals surface area contributed by atoms with Crippen molar-refractivity contribution in [1.82, 2.24) is 19.9 Å². The third kappa shape index (κ3) is 6.77. The van der Waals surface area contributed by atoms with Crippen LogP contribution in [0.3, 0.4) is 0 Å². The van der Waals surface area contributed by atoms with E-state index in [1.54, 1.807) is 29.2 Å². The van der Waals surface area contributed by atoms with E-state index in [0.717, 1.165) is 0 Å². The van der Waals surface area contributed by atoms with Gasteiger partial charge in [0.05, 0.1) is 19.4 Å². The summed E-state index contributed by atoms with van der Waals surface area (Å²) in [6, 6.07) is 3.35. The minimum Gasteiger partial charge on any atom is -0.462 e. The molecule has 12 heteroatoms. The van der Waals surface area contributed by atoms with Crippen molar-refractivity contribution in [3.63, 3.8) is 0 Å². The predicted molar refractivity (Wildman–Crippen MR) is 115 cm³/mol.